The second-order valence-electron chi connectivity index (χ2n) is 8.91. The maximum Gasteiger partial charge on any atom is 0.255 e. The van der Waals surface area contributed by atoms with Crippen molar-refractivity contribution in [3.63, 3.8) is 0 Å². The van der Waals surface area contributed by atoms with Crippen LogP contribution in [-0.4, -0.2) is 80.3 Å². The van der Waals surface area contributed by atoms with Gasteiger partial charge in [-0.15, -0.1) is 0 Å². The molecule has 3 aliphatic carbocycles. The van der Waals surface area contributed by atoms with Crippen molar-refractivity contribution in [2.75, 3.05) is 20.7 Å². The molecule has 0 aliphatic heterocycles. The molecular formula is C24H24N2O8. The first-order chi connectivity index (χ1) is 16.0. The summed E-state index contributed by atoms with van der Waals surface area (Å²) in [7, 11) is 3.07. The minimum Gasteiger partial charge on any atom is -0.508 e. The molecule has 10 heteroatoms. The molecule has 0 radical (unpaired) electrons. The summed E-state index contributed by atoms with van der Waals surface area (Å²) < 4.78 is 0. The number of aliphatic hydroxyl groups is 4. The lowest BCUT2D eigenvalue weighted by Gasteiger charge is -2.50. The highest BCUT2D eigenvalue weighted by Crippen LogP contribution is 2.52. The topological polar surface area (TPSA) is 182 Å². The minimum absolute atomic E-state index is 0.00567. The van der Waals surface area contributed by atoms with Gasteiger partial charge in [0.25, 0.3) is 5.91 Å². The van der Waals surface area contributed by atoms with Crippen molar-refractivity contribution in [2.45, 2.75) is 24.5 Å². The van der Waals surface area contributed by atoms with Gasteiger partial charge in [0.2, 0.25) is 5.78 Å². The Morgan fingerprint density at radius 3 is 2.50 bits per heavy atom. The van der Waals surface area contributed by atoms with Crippen LogP contribution >= 0.6 is 0 Å². The van der Waals surface area contributed by atoms with Crippen LogP contribution in [0.25, 0.3) is 5.76 Å². The number of carbonyl (C=O) groups is 3. The maximum absolute atomic E-state index is 13.7. The van der Waals surface area contributed by atoms with Gasteiger partial charge in [0, 0.05) is 17.1 Å². The zero-order valence-electron chi connectivity index (χ0n) is 18.5. The van der Waals surface area contributed by atoms with Crippen LogP contribution in [0.2, 0.25) is 0 Å². The average Bonchev–Trinajstić information content (AvgIpc) is 2.75. The fraction of sp³-hybridized carbons (Fsp3) is 0.375. The molecule has 1 aromatic rings. The Bertz CT molecular complexity index is 1270. The lowest BCUT2D eigenvalue weighted by Crippen LogP contribution is -2.65. The number of aromatic hydroxyl groups is 1. The Hall–Kier alpha value is -3.65. The molecular weight excluding hydrogens is 444 g/mol. The molecule has 1 saturated carbocycles. The van der Waals surface area contributed by atoms with E-state index in [0.717, 1.165) is 0 Å². The number of amides is 1. The van der Waals surface area contributed by atoms with Crippen molar-refractivity contribution in [3.8, 4) is 17.6 Å². The molecule has 4 atom stereocenters. The Kier molecular flexibility index (Phi) is 5.52. The van der Waals surface area contributed by atoms with Gasteiger partial charge < -0.3 is 31.3 Å². The van der Waals surface area contributed by atoms with E-state index in [1.807, 2.05) is 0 Å². The summed E-state index contributed by atoms with van der Waals surface area (Å²) in [5.41, 5.74) is 2.38. The molecule has 178 valence electrons. The van der Waals surface area contributed by atoms with Gasteiger partial charge >= 0.3 is 0 Å². The molecule has 1 fully saturated rings. The molecule has 0 unspecified atom stereocenters. The fourth-order valence-corrected chi connectivity index (χ4v) is 5.50. The van der Waals surface area contributed by atoms with Crippen molar-refractivity contribution >= 4 is 23.2 Å². The number of carbonyl (C=O) groups excluding carboxylic acids is 3. The third kappa shape index (κ3) is 3.05. The van der Waals surface area contributed by atoms with E-state index in [1.165, 1.54) is 31.1 Å². The summed E-state index contributed by atoms with van der Waals surface area (Å²) in [5.74, 6) is -1.74. The van der Waals surface area contributed by atoms with E-state index in [2.05, 4.69) is 11.8 Å². The maximum atomic E-state index is 13.7. The Morgan fingerprint density at radius 1 is 1.24 bits per heavy atom. The molecule has 1 amide bonds. The minimum atomic E-state index is -2.67. The Morgan fingerprint density at radius 2 is 1.91 bits per heavy atom. The summed E-state index contributed by atoms with van der Waals surface area (Å²) in [6, 6.07) is 1.66. The number of likely N-dealkylation sites (N-methyl/N-ethyl adjacent to an activating group) is 1. The Balaban J connectivity index is 1.98. The number of rotatable bonds is 2. The van der Waals surface area contributed by atoms with Crippen LogP contribution < -0.4 is 5.73 Å². The molecule has 7 N–H and O–H groups in total. The SMILES string of the molecule is CN(C)[C@H]1C(=O)C(C(N)=O)=C(O)[C@@]2(O)C(=O)C3=C(O)c4c(O)ccc(C#CCO)c4C[C@H]3C[C@@H]12. The van der Waals surface area contributed by atoms with Crippen LogP contribution in [0, 0.1) is 23.7 Å². The van der Waals surface area contributed by atoms with Crippen molar-refractivity contribution in [3.05, 3.63) is 45.7 Å². The predicted octanol–water partition coefficient (Wildman–Crippen LogP) is -0.692. The summed E-state index contributed by atoms with van der Waals surface area (Å²) in [4.78, 5) is 40.1. The van der Waals surface area contributed by atoms with Crippen molar-refractivity contribution in [1.29, 1.82) is 0 Å². The lowest BCUT2D eigenvalue weighted by molar-refractivity contribution is -0.153. The van der Waals surface area contributed by atoms with Crippen LogP contribution in [0.5, 0.6) is 5.75 Å². The van der Waals surface area contributed by atoms with E-state index in [-0.39, 0.29) is 29.7 Å². The number of nitrogens with two attached hydrogens (primary N) is 1. The summed E-state index contributed by atoms with van der Waals surface area (Å²) in [5, 5.41) is 52.9. The molecule has 0 spiro atoms. The summed E-state index contributed by atoms with van der Waals surface area (Å²) in [6.45, 7) is -0.403. The molecule has 3 aliphatic rings. The first-order valence-corrected chi connectivity index (χ1v) is 10.6. The third-order valence-corrected chi connectivity index (χ3v) is 6.91. The van der Waals surface area contributed by atoms with Crippen molar-refractivity contribution in [2.24, 2.45) is 17.6 Å². The molecule has 0 saturated heterocycles. The van der Waals surface area contributed by atoms with Gasteiger partial charge in [0.1, 0.15) is 29.4 Å². The second kappa shape index (κ2) is 7.99. The van der Waals surface area contributed by atoms with Gasteiger partial charge in [-0.25, -0.2) is 0 Å². The fourth-order valence-electron chi connectivity index (χ4n) is 5.50. The molecule has 34 heavy (non-hydrogen) atoms. The van der Waals surface area contributed by atoms with Gasteiger partial charge in [-0.2, -0.15) is 0 Å². The standard InChI is InChI=1S/C24H24N2O8/c1-26(2)18-13-9-11-8-12-10(4-3-7-27)5-6-14(28)16(12)19(29)15(11)21(31)24(13,34)22(32)17(20(18)30)23(25)33/h5-6,11,13,18,27-29,32,34H,7-9H2,1-2H3,(H2,25,33)/t11-,13-,18+,24-/m0/s1. The number of ketones is 2. The largest absolute Gasteiger partial charge is 0.508 e. The Labute approximate surface area is 194 Å². The first kappa shape index (κ1) is 23.5. The number of fused-ring (bicyclic) bond motifs is 3. The van der Waals surface area contributed by atoms with Crippen LogP contribution in [0.3, 0.4) is 0 Å². The second-order valence-corrected chi connectivity index (χ2v) is 8.91. The highest BCUT2D eigenvalue weighted by molar-refractivity contribution is 6.24. The monoisotopic (exact) mass is 468 g/mol. The number of phenols is 1. The zero-order valence-corrected chi connectivity index (χ0v) is 18.5. The van der Waals surface area contributed by atoms with Gasteiger partial charge in [0.15, 0.2) is 11.4 Å². The smallest absolute Gasteiger partial charge is 0.255 e. The number of nitrogens with zero attached hydrogens (tertiary/aromatic N) is 1. The number of hydrogen-bond acceptors (Lipinski definition) is 9. The normalized spacial score (nSPS) is 28.2. The van der Waals surface area contributed by atoms with Gasteiger partial charge in [-0.1, -0.05) is 11.8 Å². The van der Waals surface area contributed by atoms with Crippen molar-refractivity contribution in [1.82, 2.24) is 4.90 Å². The number of aliphatic hydroxyl groups excluding tert-OH is 3. The van der Waals surface area contributed by atoms with Crippen LogP contribution in [0.4, 0.5) is 0 Å². The molecule has 0 bridgehead atoms. The lowest BCUT2D eigenvalue weighted by atomic mass is 9.57. The van der Waals surface area contributed by atoms with E-state index in [0.29, 0.717) is 11.1 Å². The van der Waals surface area contributed by atoms with E-state index >= 15 is 0 Å². The third-order valence-electron chi connectivity index (χ3n) is 6.91. The van der Waals surface area contributed by atoms with Crippen molar-refractivity contribution < 1.29 is 39.9 Å². The van der Waals surface area contributed by atoms with Gasteiger partial charge in [-0.05, 0) is 50.6 Å². The quantitative estimate of drug-likeness (QED) is 0.242. The highest BCUT2D eigenvalue weighted by Gasteiger charge is 2.64. The van der Waals surface area contributed by atoms with E-state index in [9.17, 15) is 34.8 Å². The van der Waals surface area contributed by atoms with Gasteiger partial charge in [0.05, 0.1) is 11.6 Å². The molecule has 0 heterocycles. The molecule has 10 nitrogen and oxygen atoms in total. The number of benzene rings is 1. The highest BCUT2D eigenvalue weighted by atomic mass is 16.3. The molecule has 0 aromatic heterocycles. The van der Waals surface area contributed by atoms with E-state index < -0.39 is 64.7 Å². The first-order valence-electron chi connectivity index (χ1n) is 10.6. The zero-order chi connectivity index (χ0) is 25.1. The molecule has 1 aromatic carbocycles. The summed E-state index contributed by atoms with van der Waals surface area (Å²) in [6.07, 6.45) is 0.132. The average molecular weight is 468 g/mol. The summed E-state index contributed by atoms with van der Waals surface area (Å²) >= 11 is 0. The van der Waals surface area contributed by atoms with Crippen LogP contribution in [0.15, 0.2) is 29.0 Å². The van der Waals surface area contributed by atoms with E-state index in [1.54, 1.807) is 0 Å². The van der Waals surface area contributed by atoms with Crippen LogP contribution in [-0.2, 0) is 20.8 Å². The predicted molar refractivity (Wildman–Crippen MR) is 118 cm³/mol. The van der Waals surface area contributed by atoms with Gasteiger partial charge in [-0.3, -0.25) is 19.3 Å². The number of Topliss-reactive ketones (excluding diaryl/α,β-unsaturated/α-hetero) is 2. The number of phenolic OH excluding ortho intramolecular Hbond substituents is 1. The van der Waals surface area contributed by atoms with Crippen LogP contribution in [0.1, 0.15) is 23.1 Å². The van der Waals surface area contributed by atoms with E-state index in [4.69, 9.17) is 10.8 Å². The molecule has 4 rings (SSSR count). The number of hydrogen-bond donors (Lipinski definition) is 6. The number of primary amides is 1.